The summed E-state index contributed by atoms with van der Waals surface area (Å²) in [5, 5.41) is 11.9. The standard InChI is InChI=1S/C25H31NO5/c1-13-11-26-22-24(13)9-8-23(12-31-14(2)27)18(20(24)28)7-5-15-4-6-16-17(21(29)30-3)10-25(22,23)19(15)16/h13,18,20,28H,4-12H2,1-3H3/t13-,18-,20-,23-,24+,25+/m1/s1. The summed E-state index contributed by atoms with van der Waals surface area (Å²) in [6, 6.07) is 0. The smallest absolute Gasteiger partial charge is 0.334 e. The molecule has 6 heteroatoms. The van der Waals surface area contributed by atoms with Crippen molar-refractivity contribution in [2.24, 2.45) is 33.1 Å². The van der Waals surface area contributed by atoms with Crippen molar-refractivity contribution in [3.63, 3.8) is 0 Å². The third-order valence-corrected chi connectivity index (χ3v) is 9.99. The highest BCUT2D eigenvalue weighted by molar-refractivity contribution is 6.07. The largest absolute Gasteiger partial charge is 0.466 e. The Kier molecular flexibility index (Phi) is 3.87. The molecule has 4 bridgehead atoms. The van der Waals surface area contributed by atoms with Crippen LogP contribution in [0.5, 0.6) is 0 Å². The SMILES string of the molecule is COC(=O)C1=C2CCC3=C2[C@@]2(C1)C1=NC[C@@H](C)[C@]14CC[C@@]2(COC(C)=O)[C@H](CC3)[C@H]4O. The zero-order chi connectivity index (χ0) is 21.8. The van der Waals surface area contributed by atoms with Gasteiger partial charge in [0.1, 0.15) is 0 Å². The maximum atomic E-state index is 12.9. The van der Waals surface area contributed by atoms with Gasteiger partial charge in [-0.25, -0.2) is 4.79 Å². The van der Waals surface area contributed by atoms with Gasteiger partial charge in [-0.2, -0.15) is 0 Å². The molecule has 0 unspecified atom stereocenters. The van der Waals surface area contributed by atoms with Crippen LogP contribution >= 0.6 is 0 Å². The molecular formula is C25H31NO5. The molecule has 0 aromatic rings. The number of carbonyl (C=O) groups excluding carboxylic acids is 2. The number of ether oxygens (including phenoxy) is 2. The van der Waals surface area contributed by atoms with Crippen molar-refractivity contribution < 1.29 is 24.2 Å². The quantitative estimate of drug-likeness (QED) is 0.702. The van der Waals surface area contributed by atoms with E-state index in [1.54, 1.807) is 0 Å². The number of nitrogens with zero attached hydrogens (tertiary/aromatic N) is 1. The Hall–Kier alpha value is -1.95. The lowest BCUT2D eigenvalue weighted by atomic mass is 9.35. The van der Waals surface area contributed by atoms with Crippen LogP contribution in [0.4, 0.5) is 0 Å². The first-order valence-corrected chi connectivity index (χ1v) is 11.7. The number of aliphatic hydroxyl groups excluding tert-OH is 1. The fourth-order valence-electron chi connectivity index (χ4n) is 8.84. The van der Waals surface area contributed by atoms with E-state index in [4.69, 9.17) is 14.5 Å². The third kappa shape index (κ3) is 1.98. The minimum absolute atomic E-state index is 0.0314. The van der Waals surface area contributed by atoms with Gasteiger partial charge in [-0.15, -0.1) is 0 Å². The van der Waals surface area contributed by atoms with Crippen molar-refractivity contribution in [1.29, 1.82) is 0 Å². The molecule has 1 heterocycles. The first kappa shape index (κ1) is 19.7. The number of rotatable bonds is 3. The Balaban J connectivity index is 1.65. The molecule has 0 radical (unpaired) electrons. The molecule has 0 aromatic carbocycles. The monoisotopic (exact) mass is 425 g/mol. The summed E-state index contributed by atoms with van der Waals surface area (Å²) in [5.41, 5.74) is 4.58. The van der Waals surface area contributed by atoms with E-state index < -0.39 is 16.9 Å². The summed E-state index contributed by atoms with van der Waals surface area (Å²) in [4.78, 5) is 30.0. The number of carbonyl (C=O) groups is 2. The molecule has 1 N–H and O–H groups in total. The second kappa shape index (κ2) is 6.09. The highest BCUT2D eigenvalue weighted by atomic mass is 16.5. The number of hydrogen-bond acceptors (Lipinski definition) is 6. The number of methoxy groups -OCH3 is 1. The van der Waals surface area contributed by atoms with E-state index in [0.717, 1.165) is 61.9 Å². The molecule has 6 nitrogen and oxygen atoms in total. The Morgan fingerprint density at radius 2 is 2.03 bits per heavy atom. The van der Waals surface area contributed by atoms with Gasteiger partial charge in [0.2, 0.25) is 0 Å². The van der Waals surface area contributed by atoms with Crippen LogP contribution in [0, 0.1) is 28.1 Å². The molecular weight excluding hydrogens is 394 g/mol. The summed E-state index contributed by atoms with van der Waals surface area (Å²) in [6.07, 6.45) is 5.55. The van der Waals surface area contributed by atoms with E-state index in [1.165, 1.54) is 25.2 Å². The molecule has 166 valence electrons. The van der Waals surface area contributed by atoms with Gasteiger partial charge in [-0.05, 0) is 67.9 Å². The molecule has 3 fully saturated rings. The molecule has 3 saturated carbocycles. The molecule has 1 aliphatic heterocycles. The van der Waals surface area contributed by atoms with Crippen molar-refractivity contribution in [1.82, 2.24) is 0 Å². The minimum atomic E-state index is -0.482. The van der Waals surface area contributed by atoms with Crippen LogP contribution in [-0.4, -0.2) is 49.1 Å². The number of fused-ring (bicyclic) bond motifs is 1. The summed E-state index contributed by atoms with van der Waals surface area (Å²) in [7, 11) is 1.46. The highest BCUT2D eigenvalue weighted by Gasteiger charge is 2.79. The molecule has 0 amide bonds. The second-order valence-electron chi connectivity index (χ2n) is 10.7. The van der Waals surface area contributed by atoms with Crippen LogP contribution < -0.4 is 0 Å². The van der Waals surface area contributed by atoms with E-state index in [-0.39, 0.29) is 35.8 Å². The zero-order valence-electron chi connectivity index (χ0n) is 18.6. The highest BCUT2D eigenvalue weighted by Crippen LogP contribution is 2.78. The lowest BCUT2D eigenvalue weighted by Crippen LogP contribution is -2.73. The van der Waals surface area contributed by atoms with E-state index in [2.05, 4.69) is 6.92 Å². The topological polar surface area (TPSA) is 85.2 Å². The maximum absolute atomic E-state index is 12.9. The first-order chi connectivity index (χ1) is 14.8. The van der Waals surface area contributed by atoms with Crippen molar-refractivity contribution in [3.05, 3.63) is 22.3 Å². The zero-order valence-corrected chi connectivity index (χ0v) is 18.6. The predicted octanol–water partition coefficient (Wildman–Crippen LogP) is 3.14. The van der Waals surface area contributed by atoms with Crippen LogP contribution in [0.1, 0.15) is 58.8 Å². The average Bonchev–Trinajstić information content (AvgIpc) is 3.39. The van der Waals surface area contributed by atoms with Crippen LogP contribution in [0.2, 0.25) is 0 Å². The fourth-order valence-corrected chi connectivity index (χ4v) is 8.84. The summed E-state index contributed by atoms with van der Waals surface area (Å²) in [5.74, 6) is -0.226. The van der Waals surface area contributed by atoms with Gasteiger partial charge in [-0.1, -0.05) is 12.5 Å². The van der Waals surface area contributed by atoms with E-state index in [9.17, 15) is 14.7 Å². The van der Waals surface area contributed by atoms with E-state index >= 15 is 0 Å². The summed E-state index contributed by atoms with van der Waals surface area (Å²) in [6.45, 7) is 4.68. The van der Waals surface area contributed by atoms with Gasteiger partial charge in [0.15, 0.2) is 0 Å². The van der Waals surface area contributed by atoms with Gasteiger partial charge in [0.05, 0.1) is 19.8 Å². The number of aliphatic hydroxyl groups is 1. The lowest BCUT2D eigenvalue weighted by Gasteiger charge is -2.68. The van der Waals surface area contributed by atoms with Crippen molar-refractivity contribution >= 4 is 17.7 Å². The normalized spacial score (nSPS) is 44.1. The van der Waals surface area contributed by atoms with Gasteiger partial charge in [0.25, 0.3) is 0 Å². The van der Waals surface area contributed by atoms with Gasteiger partial charge in [0, 0.05) is 41.0 Å². The van der Waals surface area contributed by atoms with Crippen molar-refractivity contribution in [2.75, 3.05) is 20.3 Å². The Bertz CT molecular complexity index is 1010. The predicted molar refractivity (Wildman–Crippen MR) is 113 cm³/mol. The summed E-state index contributed by atoms with van der Waals surface area (Å²) < 4.78 is 11.0. The number of hydrogen-bond donors (Lipinski definition) is 1. The Morgan fingerprint density at radius 3 is 2.77 bits per heavy atom. The molecule has 2 spiro atoms. The van der Waals surface area contributed by atoms with Crippen LogP contribution in [0.15, 0.2) is 27.3 Å². The molecule has 7 aliphatic rings. The van der Waals surface area contributed by atoms with Crippen LogP contribution in [0.25, 0.3) is 0 Å². The van der Waals surface area contributed by atoms with Crippen molar-refractivity contribution in [2.45, 2.75) is 64.9 Å². The molecule has 7 rings (SSSR count). The first-order valence-electron chi connectivity index (χ1n) is 11.7. The number of aliphatic imine (C=N–C) groups is 1. The molecule has 0 saturated heterocycles. The maximum Gasteiger partial charge on any atom is 0.334 e. The van der Waals surface area contributed by atoms with Crippen molar-refractivity contribution in [3.8, 4) is 0 Å². The van der Waals surface area contributed by atoms with Gasteiger partial charge < -0.3 is 14.6 Å². The van der Waals surface area contributed by atoms with E-state index in [0.29, 0.717) is 6.42 Å². The van der Waals surface area contributed by atoms with Gasteiger partial charge in [-0.3, -0.25) is 9.79 Å². The molecule has 31 heavy (non-hydrogen) atoms. The van der Waals surface area contributed by atoms with E-state index in [1.807, 2.05) is 0 Å². The average molecular weight is 426 g/mol. The summed E-state index contributed by atoms with van der Waals surface area (Å²) >= 11 is 0. The minimum Gasteiger partial charge on any atom is -0.466 e. The third-order valence-electron chi connectivity index (χ3n) is 9.99. The molecule has 0 aromatic heterocycles. The Morgan fingerprint density at radius 1 is 1.23 bits per heavy atom. The van der Waals surface area contributed by atoms with Crippen LogP contribution in [-0.2, 0) is 19.1 Å². The number of allylic oxidation sites excluding steroid dienone is 3. The lowest BCUT2D eigenvalue weighted by molar-refractivity contribution is -0.189. The molecule has 6 atom stereocenters. The Labute approximate surface area is 182 Å². The molecule has 6 aliphatic carbocycles. The fraction of sp³-hybridized carbons (Fsp3) is 0.720. The van der Waals surface area contributed by atoms with Crippen LogP contribution in [0.3, 0.4) is 0 Å². The second-order valence-corrected chi connectivity index (χ2v) is 10.7. The van der Waals surface area contributed by atoms with Gasteiger partial charge >= 0.3 is 11.9 Å². The number of esters is 2.